The van der Waals surface area contributed by atoms with Crippen LogP contribution in [0.2, 0.25) is 0 Å². The maximum absolute atomic E-state index is 13.1. The molecular weight excluding hydrogens is 472 g/mol. The molecule has 0 bridgehead atoms. The number of amides is 1. The number of thiophene rings is 1. The first-order chi connectivity index (χ1) is 13.8. The van der Waals surface area contributed by atoms with Gasteiger partial charge in [-0.05, 0) is 71.1 Å². The Balaban J connectivity index is 1.88. The molecule has 5 nitrogen and oxygen atoms in total. The first-order valence-corrected chi connectivity index (χ1v) is 12.0. The first kappa shape index (κ1) is 21.7. The summed E-state index contributed by atoms with van der Waals surface area (Å²) in [6.07, 6.45) is 0.239. The van der Waals surface area contributed by atoms with Gasteiger partial charge in [0.15, 0.2) is 0 Å². The molecule has 1 heterocycles. The molecule has 0 spiro atoms. The second kappa shape index (κ2) is 9.21. The Labute approximate surface area is 183 Å². The number of carbonyl (C=O) groups excluding carboxylic acids is 1. The van der Waals surface area contributed by atoms with Gasteiger partial charge < -0.3 is 5.32 Å². The minimum absolute atomic E-state index is 0.155. The molecule has 0 fully saturated rings. The van der Waals surface area contributed by atoms with Gasteiger partial charge in [0.05, 0.1) is 3.79 Å². The van der Waals surface area contributed by atoms with Crippen molar-refractivity contribution in [2.24, 2.45) is 0 Å². The molecule has 0 saturated heterocycles. The zero-order valence-electron chi connectivity index (χ0n) is 16.0. The van der Waals surface area contributed by atoms with Gasteiger partial charge in [-0.25, -0.2) is 8.42 Å². The number of benzene rings is 2. The average Bonchev–Trinajstić information content (AvgIpc) is 3.13. The van der Waals surface area contributed by atoms with E-state index in [1.807, 2.05) is 62.4 Å². The van der Waals surface area contributed by atoms with Crippen molar-refractivity contribution in [3.63, 3.8) is 0 Å². The van der Waals surface area contributed by atoms with Gasteiger partial charge in [-0.1, -0.05) is 42.5 Å². The van der Waals surface area contributed by atoms with Crippen LogP contribution in [-0.2, 0) is 21.2 Å². The predicted molar refractivity (Wildman–Crippen MR) is 121 cm³/mol. The standard InChI is InChI=1S/C21H21BrN2O3S2/c1-14-7-6-10-17(15(14)2)23-21(25)18(13-16-8-4-3-5-9-16)24-29(26,27)20-12-11-19(22)28-20/h3-12,18,24H,13H2,1-2H3,(H,23,25)/t18-/m1/s1. The lowest BCUT2D eigenvalue weighted by atomic mass is 10.0. The van der Waals surface area contributed by atoms with E-state index in [0.717, 1.165) is 28.0 Å². The van der Waals surface area contributed by atoms with Gasteiger partial charge in [0.1, 0.15) is 10.3 Å². The molecule has 2 N–H and O–H groups in total. The number of sulfonamides is 1. The van der Waals surface area contributed by atoms with E-state index in [4.69, 9.17) is 0 Å². The summed E-state index contributed by atoms with van der Waals surface area (Å²) >= 11 is 4.38. The van der Waals surface area contributed by atoms with Crippen molar-refractivity contribution in [2.45, 2.75) is 30.5 Å². The second-order valence-corrected chi connectivity index (χ2v) is 11.1. The Kier molecular flexibility index (Phi) is 6.89. The van der Waals surface area contributed by atoms with E-state index in [0.29, 0.717) is 9.47 Å². The topological polar surface area (TPSA) is 75.3 Å². The van der Waals surface area contributed by atoms with Crippen molar-refractivity contribution in [1.29, 1.82) is 0 Å². The molecule has 29 heavy (non-hydrogen) atoms. The summed E-state index contributed by atoms with van der Waals surface area (Å²) in [6, 6.07) is 17.2. The van der Waals surface area contributed by atoms with Crippen molar-refractivity contribution in [1.82, 2.24) is 4.72 Å². The minimum atomic E-state index is -3.84. The third-order valence-corrected chi connectivity index (χ3v) is 8.16. The van der Waals surface area contributed by atoms with Gasteiger partial charge in [0, 0.05) is 5.69 Å². The van der Waals surface area contributed by atoms with E-state index in [1.165, 1.54) is 6.07 Å². The molecule has 0 radical (unpaired) electrons. The summed E-state index contributed by atoms with van der Waals surface area (Å²) in [5, 5.41) is 2.88. The van der Waals surface area contributed by atoms with Crippen LogP contribution < -0.4 is 10.0 Å². The highest BCUT2D eigenvalue weighted by Gasteiger charge is 2.27. The molecule has 8 heteroatoms. The molecule has 3 rings (SSSR count). The van der Waals surface area contributed by atoms with Crippen LogP contribution in [0.15, 0.2) is 68.7 Å². The number of rotatable bonds is 7. The fourth-order valence-corrected chi connectivity index (χ4v) is 6.05. The number of carbonyl (C=O) groups is 1. The second-order valence-electron chi connectivity index (χ2n) is 6.66. The minimum Gasteiger partial charge on any atom is -0.324 e. The Hall–Kier alpha value is -2.00. The van der Waals surface area contributed by atoms with E-state index < -0.39 is 22.0 Å². The number of aryl methyl sites for hydroxylation is 1. The molecule has 3 aromatic rings. The van der Waals surface area contributed by atoms with Crippen LogP contribution in [0, 0.1) is 13.8 Å². The fraction of sp³-hybridized carbons (Fsp3) is 0.190. The molecule has 0 aliphatic heterocycles. The summed E-state index contributed by atoms with van der Waals surface area (Å²) < 4.78 is 29.1. The lowest BCUT2D eigenvalue weighted by Gasteiger charge is -2.19. The van der Waals surface area contributed by atoms with Crippen molar-refractivity contribution in [3.05, 3.63) is 81.1 Å². The van der Waals surface area contributed by atoms with Crippen molar-refractivity contribution < 1.29 is 13.2 Å². The summed E-state index contributed by atoms with van der Waals surface area (Å²) in [4.78, 5) is 13.1. The molecule has 152 valence electrons. The number of hydrogen-bond acceptors (Lipinski definition) is 4. The van der Waals surface area contributed by atoms with E-state index in [1.54, 1.807) is 6.07 Å². The highest BCUT2D eigenvalue weighted by molar-refractivity contribution is 9.11. The Morgan fingerprint density at radius 1 is 1.03 bits per heavy atom. The largest absolute Gasteiger partial charge is 0.324 e. The molecule has 1 amide bonds. The number of anilines is 1. The maximum atomic E-state index is 13.1. The van der Waals surface area contributed by atoms with E-state index in [2.05, 4.69) is 26.0 Å². The summed E-state index contributed by atoms with van der Waals surface area (Å²) in [5.74, 6) is -0.401. The highest BCUT2D eigenvalue weighted by atomic mass is 79.9. The number of halogens is 1. The fourth-order valence-electron chi connectivity index (χ4n) is 2.83. The van der Waals surface area contributed by atoms with Gasteiger partial charge >= 0.3 is 0 Å². The van der Waals surface area contributed by atoms with Crippen LogP contribution >= 0.6 is 27.3 Å². The third kappa shape index (κ3) is 5.54. The van der Waals surface area contributed by atoms with Crippen molar-refractivity contribution in [3.8, 4) is 0 Å². The Morgan fingerprint density at radius 2 is 1.76 bits per heavy atom. The molecular formula is C21H21BrN2O3S2. The van der Waals surface area contributed by atoms with Gasteiger partial charge in [-0.2, -0.15) is 4.72 Å². The summed E-state index contributed by atoms with van der Waals surface area (Å²) in [5.41, 5.74) is 3.53. The Morgan fingerprint density at radius 3 is 2.41 bits per heavy atom. The van der Waals surface area contributed by atoms with Crippen LogP contribution in [0.1, 0.15) is 16.7 Å². The predicted octanol–water partition coefficient (Wildman–Crippen LogP) is 4.66. The molecule has 0 aliphatic rings. The van der Waals surface area contributed by atoms with Crippen molar-refractivity contribution in [2.75, 3.05) is 5.32 Å². The van der Waals surface area contributed by atoms with Crippen LogP contribution in [0.3, 0.4) is 0 Å². The highest BCUT2D eigenvalue weighted by Crippen LogP contribution is 2.26. The average molecular weight is 493 g/mol. The molecule has 2 aromatic carbocycles. The number of hydrogen-bond donors (Lipinski definition) is 2. The Bertz CT molecular complexity index is 1110. The SMILES string of the molecule is Cc1cccc(NC(=O)[C@@H](Cc2ccccc2)NS(=O)(=O)c2ccc(Br)s2)c1C. The van der Waals surface area contributed by atoms with E-state index in [9.17, 15) is 13.2 Å². The van der Waals surface area contributed by atoms with E-state index >= 15 is 0 Å². The van der Waals surface area contributed by atoms with Gasteiger partial charge in [0.2, 0.25) is 5.91 Å². The van der Waals surface area contributed by atoms with Gasteiger partial charge in [-0.3, -0.25) is 4.79 Å². The summed E-state index contributed by atoms with van der Waals surface area (Å²) in [7, 11) is -3.84. The zero-order valence-corrected chi connectivity index (χ0v) is 19.2. The molecule has 1 atom stereocenters. The molecule has 0 aliphatic carbocycles. The quantitative estimate of drug-likeness (QED) is 0.503. The molecule has 1 aromatic heterocycles. The monoisotopic (exact) mass is 492 g/mol. The van der Waals surface area contributed by atoms with Crippen LogP contribution in [-0.4, -0.2) is 20.4 Å². The van der Waals surface area contributed by atoms with Gasteiger partial charge in [0.25, 0.3) is 10.0 Å². The molecule has 0 unspecified atom stereocenters. The van der Waals surface area contributed by atoms with Gasteiger partial charge in [-0.15, -0.1) is 11.3 Å². The maximum Gasteiger partial charge on any atom is 0.250 e. The van der Waals surface area contributed by atoms with Crippen LogP contribution in [0.5, 0.6) is 0 Å². The summed E-state index contributed by atoms with van der Waals surface area (Å²) in [6.45, 7) is 3.88. The third-order valence-electron chi connectivity index (χ3n) is 4.57. The molecule has 0 saturated carbocycles. The zero-order chi connectivity index (χ0) is 21.0. The van der Waals surface area contributed by atoms with Crippen LogP contribution in [0.25, 0.3) is 0 Å². The smallest absolute Gasteiger partial charge is 0.250 e. The lowest BCUT2D eigenvalue weighted by Crippen LogP contribution is -2.45. The van der Waals surface area contributed by atoms with Crippen LogP contribution in [0.4, 0.5) is 5.69 Å². The number of nitrogens with one attached hydrogen (secondary N) is 2. The van der Waals surface area contributed by atoms with E-state index in [-0.39, 0.29) is 10.6 Å². The van der Waals surface area contributed by atoms with Crippen molar-refractivity contribution >= 4 is 48.9 Å². The lowest BCUT2D eigenvalue weighted by molar-refractivity contribution is -0.117. The normalized spacial score (nSPS) is 12.5. The first-order valence-electron chi connectivity index (χ1n) is 8.95.